The second-order valence-electron chi connectivity index (χ2n) is 11.0. The number of aromatic nitrogens is 4. The number of rotatable bonds is 11. The number of carboxylic acids is 1. The van der Waals surface area contributed by atoms with Gasteiger partial charge in [0, 0.05) is 25.6 Å². The van der Waals surface area contributed by atoms with Gasteiger partial charge >= 0.3 is 12.1 Å². The summed E-state index contributed by atoms with van der Waals surface area (Å²) in [5.41, 5.74) is 1.08. The lowest BCUT2D eigenvalue weighted by atomic mass is 10.2. The summed E-state index contributed by atoms with van der Waals surface area (Å²) < 4.78 is 33.5. The minimum Gasteiger partial charge on any atom is -0.475 e. The number of likely N-dealkylation sites (N-methyl/N-ethyl adjacent to an activating group) is 1. The fraction of sp³-hybridized carbons (Fsp3) is 0.731. The molecule has 1 aliphatic heterocycles. The Labute approximate surface area is 257 Å². The Balaban J connectivity index is 0.000000676. The van der Waals surface area contributed by atoms with Crippen LogP contribution in [0.15, 0.2) is 6.33 Å². The number of aliphatic hydroxyl groups excluding tert-OH is 3. The Kier molecular flexibility index (Phi) is 12.4. The monoisotopic (exact) mass is 650 g/mol. The second kappa shape index (κ2) is 15.4. The third-order valence-corrected chi connectivity index (χ3v) is 8.38. The molecule has 4 rings (SSSR count). The van der Waals surface area contributed by atoms with Gasteiger partial charge in [0.25, 0.3) is 0 Å². The fourth-order valence-corrected chi connectivity index (χ4v) is 5.65. The van der Waals surface area contributed by atoms with E-state index in [0.717, 1.165) is 31.7 Å². The van der Waals surface area contributed by atoms with Crippen LogP contribution in [0.5, 0.6) is 0 Å². The molecule has 44 heavy (non-hydrogen) atoms. The molecule has 0 radical (unpaired) electrons. The molecule has 2 aromatic rings. The number of imidazole rings is 1. The van der Waals surface area contributed by atoms with Crippen LogP contribution in [0.3, 0.4) is 0 Å². The first kappa shape index (κ1) is 35.5. The summed E-state index contributed by atoms with van der Waals surface area (Å²) in [6.07, 6.45) is -1.22. The molecule has 1 saturated heterocycles. The predicted octanol–water partition coefficient (Wildman–Crippen LogP) is 0.687. The molecule has 3 heterocycles. The molecular weight excluding hydrogens is 609 g/mol. The van der Waals surface area contributed by atoms with Gasteiger partial charge in [-0.1, -0.05) is 6.92 Å². The van der Waals surface area contributed by atoms with Gasteiger partial charge in [-0.3, -0.25) is 4.79 Å². The average Bonchev–Trinajstić information content (AvgIpc) is 3.70. The Morgan fingerprint density at radius 2 is 1.91 bits per heavy atom. The second-order valence-corrected chi connectivity index (χ2v) is 12.0. The molecule has 2 aromatic heterocycles. The largest absolute Gasteiger partial charge is 0.490 e. The molecule has 2 aliphatic rings. The number of carbonyl (C=O) groups is 2. The molecule has 6 atom stereocenters. The van der Waals surface area contributed by atoms with E-state index >= 15 is 0 Å². The van der Waals surface area contributed by atoms with Crippen molar-refractivity contribution >= 4 is 46.6 Å². The van der Waals surface area contributed by atoms with Crippen LogP contribution in [0.4, 0.5) is 24.9 Å². The van der Waals surface area contributed by atoms with Crippen molar-refractivity contribution in [2.24, 2.45) is 0 Å². The molecule has 14 nitrogen and oxygen atoms in total. The van der Waals surface area contributed by atoms with E-state index in [9.17, 15) is 33.3 Å². The molecule has 18 heteroatoms. The highest BCUT2D eigenvalue weighted by atomic mass is 32.2. The SMILES string of the molecule is CCC(=O)N[C@H]1C[C@@H](n2cnc3c(N[C@H](CO)CCSC)nc(N4CC[C@@H](N(C)C)C4)nc32)[C@H](O)[C@@H]1O.O=C(O)C(F)(F)F. The average molecular weight is 651 g/mol. The summed E-state index contributed by atoms with van der Waals surface area (Å²) in [5.74, 6) is -0.940. The zero-order valence-electron chi connectivity index (χ0n) is 25.0. The molecule has 1 amide bonds. The van der Waals surface area contributed by atoms with Gasteiger partial charge < -0.3 is 45.4 Å². The maximum atomic E-state index is 12.0. The molecule has 1 aliphatic carbocycles. The van der Waals surface area contributed by atoms with E-state index in [1.165, 1.54) is 0 Å². The van der Waals surface area contributed by atoms with Crippen LogP contribution in [0.25, 0.3) is 11.2 Å². The zero-order valence-corrected chi connectivity index (χ0v) is 25.8. The number of hydrogen-bond donors (Lipinski definition) is 6. The van der Waals surface area contributed by atoms with Gasteiger partial charge in [-0.05, 0) is 45.4 Å². The molecule has 2 fully saturated rings. The van der Waals surface area contributed by atoms with Gasteiger partial charge in [0.15, 0.2) is 17.0 Å². The Bertz CT molecular complexity index is 1270. The molecule has 1 saturated carbocycles. The van der Waals surface area contributed by atoms with E-state index in [-0.39, 0.29) is 18.6 Å². The summed E-state index contributed by atoms with van der Waals surface area (Å²) in [6, 6.07) is -0.879. The number of halogens is 3. The van der Waals surface area contributed by atoms with E-state index in [2.05, 4.69) is 39.5 Å². The van der Waals surface area contributed by atoms with Crippen molar-refractivity contribution < 1.29 is 43.2 Å². The van der Waals surface area contributed by atoms with E-state index in [1.807, 2.05) is 6.26 Å². The summed E-state index contributed by atoms with van der Waals surface area (Å²) >= 11 is 1.72. The van der Waals surface area contributed by atoms with Crippen LogP contribution in [0, 0.1) is 0 Å². The number of hydrogen-bond acceptors (Lipinski definition) is 12. The topological polar surface area (TPSA) is 189 Å². The van der Waals surface area contributed by atoms with Crippen LogP contribution in [-0.4, -0.2) is 139 Å². The van der Waals surface area contributed by atoms with Gasteiger partial charge in [-0.15, -0.1) is 0 Å². The van der Waals surface area contributed by atoms with E-state index in [1.54, 1.807) is 29.6 Å². The Morgan fingerprint density at radius 3 is 2.45 bits per heavy atom. The van der Waals surface area contributed by atoms with Crippen molar-refractivity contribution in [3.05, 3.63) is 6.33 Å². The van der Waals surface area contributed by atoms with Gasteiger partial charge in [0.2, 0.25) is 11.9 Å². The molecule has 6 N–H and O–H groups in total. The first-order valence-electron chi connectivity index (χ1n) is 14.2. The highest BCUT2D eigenvalue weighted by Gasteiger charge is 2.44. The number of amides is 1. The number of fused-ring (bicyclic) bond motifs is 1. The number of nitrogens with zero attached hydrogens (tertiary/aromatic N) is 6. The number of alkyl halides is 3. The quantitative estimate of drug-likeness (QED) is 0.199. The smallest absolute Gasteiger partial charge is 0.475 e. The van der Waals surface area contributed by atoms with E-state index in [0.29, 0.717) is 41.8 Å². The first-order chi connectivity index (χ1) is 20.7. The third-order valence-electron chi connectivity index (χ3n) is 7.74. The van der Waals surface area contributed by atoms with Crippen LogP contribution in [-0.2, 0) is 9.59 Å². The number of carboxylic acid groups (broad SMARTS) is 1. The third kappa shape index (κ3) is 8.62. The van der Waals surface area contributed by atoms with Crippen LogP contribution >= 0.6 is 11.8 Å². The van der Waals surface area contributed by atoms with Crippen molar-refractivity contribution in [1.29, 1.82) is 0 Å². The van der Waals surface area contributed by atoms with Crippen LogP contribution in [0.2, 0.25) is 0 Å². The van der Waals surface area contributed by atoms with Crippen molar-refractivity contribution in [2.75, 3.05) is 56.0 Å². The maximum Gasteiger partial charge on any atom is 0.490 e. The number of thioether (sulfide) groups is 1. The van der Waals surface area contributed by atoms with Gasteiger partial charge in [-0.2, -0.15) is 34.9 Å². The molecular formula is C26H41F3N8O6S. The number of anilines is 2. The standard InChI is InChI=1S/C24H40N8O4S.C2HF3O2/c1-5-18(34)27-16-10-17(21(36)20(16)35)32-13-25-19-22(26-14(12-33)7-9-37-4)28-24(29-23(19)32)31-8-6-15(11-31)30(2)3;3-2(4,5)1(6)7/h13-17,20-21,33,35-36H,5-12H2,1-4H3,(H,27,34)(H,26,28,29);(H,6,7)/t14-,15+,16-,17+,20+,21-;/m0./s1. The van der Waals surface area contributed by atoms with Gasteiger partial charge in [0.1, 0.15) is 12.2 Å². The van der Waals surface area contributed by atoms with Crippen molar-refractivity contribution in [2.45, 2.75) is 75.2 Å². The number of aliphatic carboxylic acids is 1. The number of carbonyl (C=O) groups excluding carboxylic acids is 1. The van der Waals surface area contributed by atoms with Crippen molar-refractivity contribution in [3.63, 3.8) is 0 Å². The summed E-state index contributed by atoms with van der Waals surface area (Å²) in [5, 5.41) is 44.9. The predicted molar refractivity (Wildman–Crippen MR) is 159 cm³/mol. The highest BCUT2D eigenvalue weighted by Crippen LogP contribution is 2.35. The Morgan fingerprint density at radius 1 is 1.23 bits per heavy atom. The maximum absolute atomic E-state index is 12.0. The Hall–Kier alpha value is -2.93. The number of aliphatic hydroxyl groups is 3. The van der Waals surface area contributed by atoms with E-state index in [4.69, 9.17) is 19.9 Å². The summed E-state index contributed by atoms with van der Waals surface area (Å²) in [6.45, 7) is 3.31. The lowest BCUT2D eigenvalue weighted by Crippen LogP contribution is -2.42. The minimum atomic E-state index is -5.08. The lowest BCUT2D eigenvalue weighted by molar-refractivity contribution is -0.192. The molecule has 0 spiro atoms. The zero-order chi connectivity index (χ0) is 32.8. The van der Waals surface area contributed by atoms with Crippen LogP contribution < -0.4 is 15.5 Å². The molecule has 0 aromatic carbocycles. The summed E-state index contributed by atoms with van der Waals surface area (Å²) in [7, 11) is 4.14. The van der Waals surface area contributed by atoms with Gasteiger partial charge in [0.05, 0.1) is 31.1 Å². The first-order valence-corrected chi connectivity index (χ1v) is 15.6. The number of nitrogens with one attached hydrogen (secondary N) is 2. The lowest BCUT2D eigenvalue weighted by Gasteiger charge is -2.23. The molecule has 0 bridgehead atoms. The highest BCUT2D eigenvalue weighted by molar-refractivity contribution is 7.98. The van der Waals surface area contributed by atoms with Crippen LogP contribution in [0.1, 0.15) is 38.6 Å². The molecule has 248 valence electrons. The van der Waals surface area contributed by atoms with Gasteiger partial charge in [-0.25, -0.2) is 9.78 Å². The fourth-order valence-electron chi connectivity index (χ4n) is 5.13. The minimum absolute atomic E-state index is 0.0408. The summed E-state index contributed by atoms with van der Waals surface area (Å²) in [4.78, 5) is 39.5. The normalized spacial score (nSPS) is 24.3. The van der Waals surface area contributed by atoms with Crippen molar-refractivity contribution in [3.8, 4) is 0 Å². The van der Waals surface area contributed by atoms with E-state index < -0.39 is 36.4 Å². The van der Waals surface area contributed by atoms with Crippen molar-refractivity contribution in [1.82, 2.24) is 29.7 Å². The molecule has 0 unspecified atom stereocenters.